The molecule has 114 valence electrons. The molecule has 1 atom stereocenters. The molecule has 0 saturated carbocycles. The molecular formula is C17H19N3O2. The van der Waals surface area contributed by atoms with Crippen LogP contribution in [-0.4, -0.2) is 41.5 Å². The highest BCUT2D eigenvalue weighted by atomic mass is 16.5. The molecule has 1 amide bonds. The molecule has 0 aliphatic carbocycles. The van der Waals surface area contributed by atoms with E-state index in [9.17, 15) is 4.79 Å². The zero-order chi connectivity index (χ0) is 15.4. The maximum Gasteiger partial charge on any atom is 0.254 e. The summed E-state index contributed by atoms with van der Waals surface area (Å²) in [5.41, 5.74) is 0.653. The third kappa shape index (κ3) is 3.43. The summed E-state index contributed by atoms with van der Waals surface area (Å²) in [5.74, 6) is 1.41. The zero-order valence-corrected chi connectivity index (χ0v) is 12.5. The van der Waals surface area contributed by atoms with Crippen molar-refractivity contribution in [1.29, 1.82) is 0 Å². The molecule has 1 aliphatic heterocycles. The normalized spacial score (nSPS) is 18.0. The molecule has 0 spiro atoms. The first kappa shape index (κ1) is 14.5. The van der Waals surface area contributed by atoms with Crippen LogP contribution >= 0.6 is 0 Å². The lowest BCUT2D eigenvalue weighted by Crippen LogP contribution is -2.51. The first-order valence-corrected chi connectivity index (χ1v) is 7.43. The fourth-order valence-electron chi connectivity index (χ4n) is 2.53. The Bertz CT molecular complexity index is 645. The van der Waals surface area contributed by atoms with Gasteiger partial charge >= 0.3 is 0 Å². The van der Waals surface area contributed by atoms with Crippen LogP contribution in [0.25, 0.3) is 0 Å². The minimum atomic E-state index is 0.0496. The third-order valence-electron chi connectivity index (χ3n) is 3.62. The van der Waals surface area contributed by atoms with Crippen LogP contribution in [0, 0.1) is 0 Å². The highest BCUT2D eigenvalue weighted by Gasteiger charge is 2.21. The number of carbonyl (C=O) groups excluding carboxylic acids is 1. The van der Waals surface area contributed by atoms with E-state index in [1.165, 1.54) is 0 Å². The average Bonchev–Trinajstić information content (AvgIpc) is 2.55. The van der Waals surface area contributed by atoms with Gasteiger partial charge in [0.1, 0.15) is 11.5 Å². The Morgan fingerprint density at radius 2 is 2.09 bits per heavy atom. The van der Waals surface area contributed by atoms with Gasteiger partial charge in [-0.1, -0.05) is 6.07 Å². The number of nitrogens with zero attached hydrogens (tertiary/aromatic N) is 2. The topological polar surface area (TPSA) is 54.5 Å². The Labute approximate surface area is 129 Å². The van der Waals surface area contributed by atoms with Crippen LogP contribution in [0.5, 0.6) is 11.5 Å². The highest BCUT2D eigenvalue weighted by molar-refractivity contribution is 5.94. The largest absolute Gasteiger partial charge is 0.457 e. The first-order valence-electron chi connectivity index (χ1n) is 7.43. The summed E-state index contributed by atoms with van der Waals surface area (Å²) in [5, 5.41) is 3.34. The Kier molecular flexibility index (Phi) is 4.34. The first-order chi connectivity index (χ1) is 10.7. The number of nitrogens with one attached hydrogen (secondary N) is 1. The van der Waals surface area contributed by atoms with Crippen LogP contribution in [0.2, 0.25) is 0 Å². The van der Waals surface area contributed by atoms with Crippen molar-refractivity contribution in [2.45, 2.75) is 13.0 Å². The van der Waals surface area contributed by atoms with E-state index < -0.39 is 0 Å². The quantitative estimate of drug-likeness (QED) is 0.944. The number of carbonyl (C=O) groups is 1. The summed E-state index contributed by atoms with van der Waals surface area (Å²) >= 11 is 0. The van der Waals surface area contributed by atoms with Crippen LogP contribution in [0.1, 0.15) is 17.3 Å². The molecule has 1 aliphatic rings. The Morgan fingerprint density at radius 3 is 2.86 bits per heavy atom. The lowest BCUT2D eigenvalue weighted by atomic mass is 10.1. The number of benzene rings is 1. The van der Waals surface area contributed by atoms with E-state index in [0.717, 1.165) is 19.6 Å². The summed E-state index contributed by atoms with van der Waals surface area (Å²) in [6, 6.07) is 11.2. The maximum atomic E-state index is 12.6. The smallest absolute Gasteiger partial charge is 0.254 e. The van der Waals surface area contributed by atoms with Crippen LogP contribution in [0.3, 0.4) is 0 Å². The predicted molar refractivity (Wildman–Crippen MR) is 84.1 cm³/mol. The number of hydrogen-bond acceptors (Lipinski definition) is 4. The Balaban J connectivity index is 1.74. The lowest BCUT2D eigenvalue weighted by Gasteiger charge is -2.32. The Morgan fingerprint density at radius 1 is 1.27 bits per heavy atom. The number of hydrogen-bond donors (Lipinski definition) is 1. The molecule has 0 unspecified atom stereocenters. The van der Waals surface area contributed by atoms with Gasteiger partial charge in [0.05, 0.1) is 0 Å². The van der Waals surface area contributed by atoms with Crippen molar-refractivity contribution >= 4 is 5.91 Å². The van der Waals surface area contributed by atoms with Crippen molar-refractivity contribution < 1.29 is 9.53 Å². The van der Waals surface area contributed by atoms with E-state index in [1.54, 1.807) is 30.6 Å². The standard InChI is InChI=1S/C17H19N3O2/c1-13-12-20(10-9-19-13)17(21)14-3-2-4-16(11-14)22-15-5-7-18-8-6-15/h2-8,11,13,19H,9-10,12H2,1H3/t13-/m0/s1. The molecular weight excluding hydrogens is 278 g/mol. The van der Waals surface area contributed by atoms with Crippen molar-refractivity contribution in [3.8, 4) is 11.5 Å². The van der Waals surface area contributed by atoms with Crippen LogP contribution in [0.4, 0.5) is 0 Å². The minimum absolute atomic E-state index is 0.0496. The highest BCUT2D eigenvalue weighted by Crippen LogP contribution is 2.22. The second-order valence-electron chi connectivity index (χ2n) is 5.42. The van der Waals surface area contributed by atoms with Gasteiger partial charge in [-0.15, -0.1) is 0 Å². The molecule has 1 fully saturated rings. The number of ether oxygens (including phenoxy) is 1. The number of amides is 1. The molecule has 2 aromatic rings. The molecule has 5 heteroatoms. The van der Waals surface area contributed by atoms with Gasteiger partial charge in [-0.3, -0.25) is 9.78 Å². The molecule has 22 heavy (non-hydrogen) atoms. The van der Waals surface area contributed by atoms with E-state index in [-0.39, 0.29) is 5.91 Å². The van der Waals surface area contributed by atoms with Gasteiger partial charge in [0.2, 0.25) is 0 Å². The molecule has 1 N–H and O–H groups in total. The Hall–Kier alpha value is -2.40. The molecule has 0 bridgehead atoms. The number of pyridine rings is 1. The summed E-state index contributed by atoms with van der Waals surface area (Å²) in [6.45, 7) is 4.38. The van der Waals surface area contributed by atoms with Crippen LogP contribution in [0.15, 0.2) is 48.8 Å². The summed E-state index contributed by atoms with van der Waals surface area (Å²) in [6.07, 6.45) is 3.35. The fourth-order valence-corrected chi connectivity index (χ4v) is 2.53. The monoisotopic (exact) mass is 297 g/mol. The van der Waals surface area contributed by atoms with Gasteiger partial charge in [-0.25, -0.2) is 0 Å². The average molecular weight is 297 g/mol. The predicted octanol–water partition coefficient (Wildman–Crippen LogP) is 2.31. The van der Waals surface area contributed by atoms with Crippen molar-refractivity contribution in [2.24, 2.45) is 0 Å². The summed E-state index contributed by atoms with van der Waals surface area (Å²) in [4.78, 5) is 18.4. The van der Waals surface area contributed by atoms with E-state index in [2.05, 4.69) is 17.2 Å². The number of piperazine rings is 1. The zero-order valence-electron chi connectivity index (χ0n) is 12.5. The minimum Gasteiger partial charge on any atom is -0.457 e. The molecule has 3 rings (SSSR count). The number of rotatable bonds is 3. The van der Waals surface area contributed by atoms with Gasteiger partial charge in [0.25, 0.3) is 5.91 Å². The molecule has 1 aromatic carbocycles. The van der Waals surface area contributed by atoms with E-state index in [0.29, 0.717) is 23.1 Å². The molecule has 1 saturated heterocycles. The van der Waals surface area contributed by atoms with Crippen molar-refractivity contribution in [3.63, 3.8) is 0 Å². The third-order valence-corrected chi connectivity index (χ3v) is 3.62. The second-order valence-corrected chi connectivity index (χ2v) is 5.42. The van der Waals surface area contributed by atoms with Gasteiger partial charge in [0.15, 0.2) is 0 Å². The van der Waals surface area contributed by atoms with E-state index in [4.69, 9.17) is 4.74 Å². The van der Waals surface area contributed by atoms with Crippen LogP contribution < -0.4 is 10.1 Å². The van der Waals surface area contributed by atoms with Gasteiger partial charge in [-0.05, 0) is 37.3 Å². The van der Waals surface area contributed by atoms with Gasteiger partial charge in [0, 0.05) is 43.6 Å². The summed E-state index contributed by atoms with van der Waals surface area (Å²) < 4.78 is 5.75. The van der Waals surface area contributed by atoms with Gasteiger partial charge in [-0.2, -0.15) is 0 Å². The maximum absolute atomic E-state index is 12.6. The number of aromatic nitrogens is 1. The van der Waals surface area contributed by atoms with Crippen molar-refractivity contribution in [3.05, 3.63) is 54.4 Å². The molecule has 5 nitrogen and oxygen atoms in total. The molecule has 0 radical (unpaired) electrons. The lowest BCUT2D eigenvalue weighted by molar-refractivity contribution is 0.0709. The van der Waals surface area contributed by atoms with Crippen molar-refractivity contribution in [1.82, 2.24) is 15.2 Å². The second kappa shape index (κ2) is 6.58. The SMILES string of the molecule is C[C@H]1CN(C(=O)c2cccc(Oc3ccncc3)c2)CCN1. The van der Waals surface area contributed by atoms with E-state index >= 15 is 0 Å². The molecule has 1 aromatic heterocycles. The van der Waals surface area contributed by atoms with Crippen molar-refractivity contribution in [2.75, 3.05) is 19.6 Å². The fraction of sp³-hybridized carbons (Fsp3) is 0.294. The van der Waals surface area contributed by atoms with Gasteiger partial charge < -0.3 is 15.0 Å². The molecule has 2 heterocycles. The van der Waals surface area contributed by atoms with Crippen LogP contribution in [-0.2, 0) is 0 Å². The van der Waals surface area contributed by atoms with E-state index in [1.807, 2.05) is 23.1 Å². The summed E-state index contributed by atoms with van der Waals surface area (Å²) in [7, 11) is 0.